The van der Waals surface area contributed by atoms with Crippen LogP contribution in [0, 0.1) is 0 Å². The molecule has 2 saturated heterocycles. The molecule has 3 atom stereocenters. The molecule has 2 heteroatoms. The van der Waals surface area contributed by atoms with Crippen molar-refractivity contribution in [2.75, 3.05) is 0 Å². The Kier molecular flexibility index (Phi) is 1.69. The van der Waals surface area contributed by atoms with Crippen molar-refractivity contribution in [2.45, 2.75) is 56.8 Å². The van der Waals surface area contributed by atoms with Gasteiger partial charge in [-0.15, -0.1) is 0 Å². The van der Waals surface area contributed by atoms with Gasteiger partial charge < -0.3 is 9.84 Å². The van der Waals surface area contributed by atoms with Crippen molar-refractivity contribution in [2.24, 2.45) is 0 Å². The second kappa shape index (κ2) is 2.46. The third-order valence-electron chi connectivity index (χ3n) is 3.03. The van der Waals surface area contributed by atoms with Gasteiger partial charge in [0.1, 0.15) is 0 Å². The molecular formula is C9H16O2. The first-order valence-corrected chi connectivity index (χ1v) is 4.55. The molecule has 0 saturated carbocycles. The summed E-state index contributed by atoms with van der Waals surface area (Å²) in [4.78, 5) is 0. The molecule has 0 aliphatic carbocycles. The Hall–Kier alpha value is -0.0800. The second-order valence-electron chi connectivity index (χ2n) is 4.10. The molecule has 2 fully saturated rings. The molecule has 2 rings (SSSR count). The normalized spacial score (nSPS) is 50.7. The van der Waals surface area contributed by atoms with Crippen LogP contribution in [0.15, 0.2) is 0 Å². The number of fused-ring (bicyclic) bond motifs is 2. The Morgan fingerprint density at radius 3 is 2.91 bits per heavy atom. The van der Waals surface area contributed by atoms with Gasteiger partial charge in [-0.2, -0.15) is 0 Å². The van der Waals surface area contributed by atoms with Crippen molar-refractivity contribution in [3.63, 3.8) is 0 Å². The van der Waals surface area contributed by atoms with E-state index in [4.69, 9.17) is 4.74 Å². The number of aliphatic hydroxyl groups excluding tert-OH is 1. The molecule has 2 aliphatic rings. The first kappa shape index (κ1) is 7.56. The topological polar surface area (TPSA) is 29.5 Å². The van der Waals surface area contributed by atoms with Crippen molar-refractivity contribution < 1.29 is 9.84 Å². The first-order valence-electron chi connectivity index (χ1n) is 4.55. The molecule has 0 aromatic carbocycles. The summed E-state index contributed by atoms with van der Waals surface area (Å²) in [6.45, 7) is 2.17. The van der Waals surface area contributed by atoms with E-state index >= 15 is 0 Å². The van der Waals surface area contributed by atoms with Gasteiger partial charge in [0.2, 0.25) is 0 Å². The molecule has 0 aromatic heterocycles. The number of ether oxygens (including phenoxy) is 1. The van der Waals surface area contributed by atoms with Gasteiger partial charge in [0.25, 0.3) is 0 Å². The van der Waals surface area contributed by atoms with Crippen molar-refractivity contribution >= 4 is 0 Å². The SMILES string of the molecule is CC12CCCC(O1)C(O)CC2. The van der Waals surface area contributed by atoms with Gasteiger partial charge in [-0.25, -0.2) is 0 Å². The van der Waals surface area contributed by atoms with Crippen LogP contribution < -0.4 is 0 Å². The van der Waals surface area contributed by atoms with Gasteiger partial charge >= 0.3 is 0 Å². The lowest BCUT2D eigenvalue weighted by molar-refractivity contribution is -0.192. The molecule has 0 spiro atoms. The first-order chi connectivity index (χ1) is 5.20. The lowest BCUT2D eigenvalue weighted by Crippen LogP contribution is -2.48. The van der Waals surface area contributed by atoms with Crippen LogP contribution >= 0.6 is 0 Å². The van der Waals surface area contributed by atoms with E-state index in [1.165, 1.54) is 12.8 Å². The van der Waals surface area contributed by atoms with Crippen LogP contribution in [0.4, 0.5) is 0 Å². The highest BCUT2D eigenvalue weighted by molar-refractivity contribution is 4.90. The summed E-state index contributed by atoms with van der Waals surface area (Å²) in [5.74, 6) is 0. The number of rotatable bonds is 0. The van der Waals surface area contributed by atoms with Crippen LogP contribution in [-0.2, 0) is 4.74 Å². The van der Waals surface area contributed by atoms with Gasteiger partial charge in [-0.3, -0.25) is 0 Å². The molecule has 2 aliphatic heterocycles. The summed E-state index contributed by atoms with van der Waals surface area (Å²) in [6.07, 6.45) is 5.36. The largest absolute Gasteiger partial charge is 0.390 e. The van der Waals surface area contributed by atoms with E-state index in [-0.39, 0.29) is 17.8 Å². The summed E-state index contributed by atoms with van der Waals surface area (Å²) in [7, 11) is 0. The fraction of sp³-hybridized carbons (Fsp3) is 1.00. The molecule has 0 radical (unpaired) electrons. The zero-order chi connectivity index (χ0) is 7.90. The van der Waals surface area contributed by atoms with Crippen LogP contribution in [0.5, 0.6) is 0 Å². The van der Waals surface area contributed by atoms with Crippen molar-refractivity contribution in [1.82, 2.24) is 0 Å². The Balaban J connectivity index is 2.09. The van der Waals surface area contributed by atoms with E-state index in [9.17, 15) is 5.11 Å². The van der Waals surface area contributed by atoms with Crippen LogP contribution in [0.2, 0.25) is 0 Å². The lowest BCUT2D eigenvalue weighted by Gasteiger charge is -2.45. The zero-order valence-electron chi connectivity index (χ0n) is 7.05. The highest BCUT2D eigenvalue weighted by Gasteiger charge is 2.40. The Morgan fingerprint density at radius 1 is 1.36 bits per heavy atom. The highest BCUT2D eigenvalue weighted by atomic mass is 16.5. The minimum Gasteiger partial charge on any atom is -0.390 e. The lowest BCUT2D eigenvalue weighted by atomic mass is 9.82. The maximum atomic E-state index is 9.51. The summed E-state index contributed by atoms with van der Waals surface area (Å²) in [5, 5.41) is 9.51. The number of aliphatic hydroxyl groups is 1. The predicted molar refractivity (Wildman–Crippen MR) is 42.4 cm³/mol. The van der Waals surface area contributed by atoms with E-state index < -0.39 is 0 Å². The highest BCUT2D eigenvalue weighted by Crippen LogP contribution is 2.38. The van der Waals surface area contributed by atoms with Crippen LogP contribution in [0.25, 0.3) is 0 Å². The van der Waals surface area contributed by atoms with Crippen molar-refractivity contribution in [3.05, 3.63) is 0 Å². The van der Waals surface area contributed by atoms with Crippen LogP contribution in [0.1, 0.15) is 39.0 Å². The molecule has 1 N–H and O–H groups in total. The van der Waals surface area contributed by atoms with E-state index in [0.29, 0.717) is 0 Å². The average molecular weight is 156 g/mol. The molecule has 2 heterocycles. The Labute approximate surface area is 67.6 Å². The maximum absolute atomic E-state index is 9.51. The van der Waals surface area contributed by atoms with E-state index in [1.807, 2.05) is 0 Å². The van der Waals surface area contributed by atoms with Crippen LogP contribution in [-0.4, -0.2) is 22.9 Å². The van der Waals surface area contributed by atoms with Crippen molar-refractivity contribution in [3.8, 4) is 0 Å². The summed E-state index contributed by atoms with van der Waals surface area (Å²) in [6, 6.07) is 0. The van der Waals surface area contributed by atoms with E-state index in [0.717, 1.165) is 19.3 Å². The molecule has 11 heavy (non-hydrogen) atoms. The molecule has 3 unspecified atom stereocenters. The summed E-state index contributed by atoms with van der Waals surface area (Å²) >= 11 is 0. The molecule has 0 amide bonds. The molecular weight excluding hydrogens is 140 g/mol. The number of hydrogen-bond donors (Lipinski definition) is 1. The Bertz CT molecular complexity index is 158. The third-order valence-corrected chi connectivity index (χ3v) is 3.03. The monoisotopic (exact) mass is 156 g/mol. The fourth-order valence-electron chi connectivity index (χ4n) is 2.25. The minimum atomic E-state index is -0.191. The second-order valence-corrected chi connectivity index (χ2v) is 4.10. The van der Waals surface area contributed by atoms with Crippen LogP contribution in [0.3, 0.4) is 0 Å². The molecule has 2 bridgehead atoms. The zero-order valence-corrected chi connectivity index (χ0v) is 7.05. The smallest absolute Gasteiger partial charge is 0.0841 e. The van der Waals surface area contributed by atoms with Gasteiger partial charge in [0, 0.05) is 0 Å². The molecule has 0 aromatic rings. The Morgan fingerprint density at radius 2 is 2.18 bits per heavy atom. The van der Waals surface area contributed by atoms with Gasteiger partial charge in [0.15, 0.2) is 0 Å². The minimum absolute atomic E-state index is 0.0994. The van der Waals surface area contributed by atoms with Crippen molar-refractivity contribution in [1.29, 1.82) is 0 Å². The maximum Gasteiger partial charge on any atom is 0.0841 e. The summed E-state index contributed by atoms with van der Waals surface area (Å²) in [5.41, 5.74) is 0.0994. The van der Waals surface area contributed by atoms with Gasteiger partial charge in [0.05, 0.1) is 17.8 Å². The quantitative estimate of drug-likeness (QED) is 0.575. The fourth-order valence-corrected chi connectivity index (χ4v) is 2.25. The van der Waals surface area contributed by atoms with E-state index in [1.54, 1.807) is 0 Å². The molecule has 64 valence electrons. The van der Waals surface area contributed by atoms with Gasteiger partial charge in [-0.1, -0.05) is 0 Å². The van der Waals surface area contributed by atoms with E-state index in [2.05, 4.69) is 6.92 Å². The van der Waals surface area contributed by atoms with Gasteiger partial charge in [-0.05, 0) is 39.0 Å². The third kappa shape index (κ3) is 1.30. The number of hydrogen-bond acceptors (Lipinski definition) is 2. The predicted octanol–water partition coefficient (Wildman–Crippen LogP) is 1.47. The summed E-state index contributed by atoms with van der Waals surface area (Å²) < 4.78 is 5.77. The average Bonchev–Trinajstić information content (AvgIpc) is 1.99. The molecule has 2 nitrogen and oxygen atoms in total. The standard InChI is InChI=1S/C9H16O2/c1-9-5-2-3-8(11-9)7(10)4-6-9/h7-8,10H,2-6H2,1H3.